The average Bonchev–Trinajstić information content (AvgIpc) is 2.45. The fraction of sp³-hybridized carbons (Fsp3) is 0.429. The van der Waals surface area contributed by atoms with Crippen molar-refractivity contribution in [2.24, 2.45) is 0 Å². The molecule has 0 spiro atoms. The van der Waals surface area contributed by atoms with Crippen molar-refractivity contribution in [3.05, 3.63) is 35.9 Å². The lowest BCUT2D eigenvalue weighted by Crippen LogP contribution is -2.38. The van der Waals surface area contributed by atoms with Crippen LogP contribution in [0.1, 0.15) is 12.5 Å². The topological polar surface area (TPSA) is 55.8 Å². The zero-order chi connectivity index (χ0) is 14.1. The van der Waals surface area contributed by atoms with Crippen molar-refractivity contribution < 1.29 is 19.1 Å². The van der Waals surface area contributed by atoms with E-state index in [-0.39, 0.29) is 19.1 Å². The zero-order valence-electron chi connectivity index (χ0n) is 11.3. The Labute approximate surface area is 113 Å². The Hall–Kier alpha value is -1.88. The van der Waals surface area contributed by atoms with E-state index in [0.717, 1.165) is 5.56 Å². The Bertz CT molecular complexity index is 405. The Balaban J connectivity index is 2.34. The minimum absolute atomic E-state index is 0.0411. The fourth-order valence-electron chi connectivity index (χ4n) is 1.52. The molecule has 104 valence electrons. The summed E-state index contributed by atoms with van der Waals surface area (Å²) in [6.45, 7) is 2.54. The van der Waals surface area contributed by atoms with Crippen LogP contribution in [0.3, 0.4) is 0 Å². The molecule has 1 amide bonds. The van der Waals surface area contributed by atoms with Crippen molar-refractivity contribution in [1.29, 1.82) is 0 Å². The van der Waals surface area contributed by atoms with Crippen LogP contribution in [0.15, 0.2) is 30.3 Å². The van der Waals surface area contributed by atoms with Gasteiger partial charge in [-0.1, -0.05) is 30.3 Å². The van der Waals surface area contributed by atoms with Crippen molar-refractivity contribution in [2.45, 2.75) is 13.5 Å². The molecule has 0 aliphatic rings. The Morgan fingerprint density at radius 2 is 1.89 bits per heavy atom. The molecule has 0 saturated heterocycles. The molecule has 0 unspecified atom stereocenters. The predicted molar refractivity (Wildman–Crippen MR) is 70.4 cm³/mol. The number of nitrogens with zero attached hydrogens (tertiary/aromatic N) is 1. The van der Waals surface area contributed by atoms with Gasteiger partial charge < -0.3 is 14.4 Å². The van der Waals surface area contributed by atoms with Gasteiger partial charge in [0.25, 0.3) is 0 Å². The molecule has 0 saturated carbocycles. The number of esters is 1. The Kier molecular flexibility index (Phi) is 6.60. The second-order valence-corrected chi connectivity index (χ2v) is 3.96. The molecule has 0 aliphatic carbocycles. The monoisotopic (exact) mass is 265 g/mol. The maximum Gasteiger partial charge on any atom is 0.325 e. The average molecular weight is 265 g/mol. The molecule has 0 aromatic heterocycles. The molecule has 0 radical (unpaired) electrons. The van der Waals surface area contributed by atoms with E-state index in [1.54, 1.807) is 6.92 Å². The molecule has 0 bridgehead atoms. The third-order valence-electron chi connectivity index (χ3n) is 2.62. The van der Waals surface area contributed by atoms with Crippen LogP contribution in [-0.4, -0.2) is 43.6 Å². The predicted octanol–water partition coefficient (Wildman–Crippen LogP) is 1.22. The van der Waals surface area contributed by atoms with Gasteiger partial charge in [-0.15, -0.1) is 0 Å². The zero-order valence-corrected chi connectivity index (χ0v) is 11.3. The fourth-order valence-corrected chi connectivity index (χ4v) is 1.52. The van der Waals surface area contributed by atoms with Crippen molar-refractivity contribution in [2.75, 3.05) is 26.8 Å². The molecule has 0 atom stereocenters. The van der Waals surface area contributed by atoms with Gasteiger partial charge in [-0.05, 0) is 12.5 Å². The maximum absolute atomic E-state index is 11.8. The van der Waals surface area contributed by atoms with Gasteiger partial charge in [0.1, 0.15) is 13.2 Å². The third kappa shape index (κ3) is 5.52. The van der Waals surface area contributed by atoms with E-state index in [9.17, 15) is 9.59 Å². The van der Waals surface area contributed by atoms with Gasteiger partial charge in [0.15, 0.2) is 0 Å². The van der Waals surface area contributed by atoms with Crippen LogP contribution in [0.25, 0.3) is 0 Å². The quantitative estimate of drug-likeness (QED) is 0.696. The van der Waals surface area contributed by atoms with Gasteiger partial charge in [0.05, 0.1) is 13.7 Å². The number of carbonyl (C=O) groups is 2. The minimum atomic E-state index is -0.432. The molecule has 0 fully saturated rings. The van der Waals surface area contributed by atoms with Crippen LogP contribution in [0.5, 0.6) is 0 Å². The number of benzene rings is 1. The first-order chi connectivity index (χ1) is 9.17. The van der Waals surface area contributed by atoms with Crippen molar-refractivity contribution in [3.8, 4) is 0 Å². The number of rotatable bonds is 7. The lowest BCUT2D eigenvalue weighted by atomic mass is 10.2. The maximum atomic E-state index is 11.8. The van der Waals surface area contributed by atoms with Gasteiger partial charge in [-0.3, -0.25) is 9.59 Å². The lowest BCUT2D eigenvalue weighted by molar-refractivity contribution is -0.148. The van der Waals surface area contributed by atoms with Crippen LogP contribution >= 0.6 is 0 Å². The van der Waals surface area contributed by atoms with Crippen LogP contribution < -0.4 is 0 Å². The first-order valence-corrected chi connectivity index (χ1v) is 6.13. The smallest absolute Gasteiger partial charge is 0.325 e. The molecule has 19 heavy (non-hydrogen) atoms. The lowest BCUT2D eigenvalue weighted by Gasteiger charge is -2.19. The highest BCUT2D eigenvalue weighted by Crippen LogP contribution is 2.01. The summed E-state index contributed by atoms with van der Waals surface area (Å²) in [7, 11) is 1.30. The first-order valence-electron chi connectivity index (χ1n) is 6.13. The minimum Gasteiger partial charge on any atom is -0.468 e. The molecule has 5 heteroatoms. The molecule has 0 N–H and O–H groups in total. The van der Waals surface area contributed by atoms with E-state index in [1.165, 1.54) is 12.0 Å². The molecule has 0 aliphatic heterocycles. The van der Waals surface area contributed by atoms with Gasteiger partial charge in [0, 0.05) is 6.54 Å². The van der Waals surface area contributed by atoms with Gasteiger partial charge in [-0.25, -0.2) is 0 Å². The number of carbonyl (C=O) groups excluding carboxylic acids is 2. The van der Waals surface area contributed by atoms with E-state index in [2.05, 4.69) is 4.74 Å². The van der Waals surface area contributed by atoms with Crippen molar-refractivity contribution in [1.82, 2.24) is 4.90 Å². The molecule has 5 nitrogen and oxygen atoms in total. The van der Waals surface area contributed by atoms with Crippen molar-refractivity contribution in [3.63, 3.8) is 0 Å². The highest BCUT2D eigenvalue weighted by molar-refractivity contribution is 5.82. The molecule has 1 rings (SSSR count). The summed E-state index contributed by atoms with van der Waals surface area (Å²) in [5, 5.41) is 0. The third-order valence-corrected chi connectivity index (χ3v) is 2.62. The second kappa shape index (κ2) is 8.26. The van der Waals surface area contributed by atoms with Crippen LogP contribution in [-0.2, 0) is 25.7 Å². The summed E-state index contributed by atoms with van der Waals surface area (Å²) >= 11 is 0. The van der Waals surface area contributed by atoms with Gasteiger partial charge >= 0.3 is 5.97 Å². The first kappa shape index (κ1) is 15.2. The van der Waals surface area contributed by atoms with E-state index >= 15 is 0 Å². The number of hydrogen-bond donors (Lipinski definition) is 0. The van der Waals surface area contributed by atoms with E-state index in [4.69, 9.17) is 4.74 Å². The number of amides is 1. The summed E-state index contributed by atoms with van der Waals surface area (Å²) in [4.78, 5) is 24.3. The number of ether oxygens (including phenoxy) is 2. The normalized spacial score (nSPS) is 10.0. The van der Waals surface area contributed by atoms with E-state index in [0.29, 0.717) is 13.2 Å². The number of likely N-dealkylation sites (N-methyl/N-ethyl adjacent to an activating group) is 1. The standard InChI is InChI=1S/C14H19NO4/c1-3-15(9-14(17)18-2)13(16)11-19-10-12-7-5-4-6-8-12/h4-8H,3,9-11H2,1-2H3. The van der Waals surface area contributed by atoms with Gasteiger partial charge in [0.2, 0.25) is 5.91 Å². The highest BCUT2D eigenvalue weighted by Gasteiger charge is 2.15. The van der Waals surface area contributed by atoms with Crippen LogP contribution in [0, 0.1) is 0 Å². The van der Waals surface area contributed by atoms with E-state index < -0.39 is 5.97 Å². The second-order valence-electron chi connectivity index (χ2n) is 3.96. The molecule has 1 aromatic rings. The van der Waals surface area contributed by atoms with Gasteiger partial charge in [-0.2, -0.15) is 0 Å². The summed E-state index contributed by atoms with van der Waals surface area (Å²) in [6.07, 6.45) is 0. The van der Waals surface area contributed by atoms with Crippen LogP contribution in [0.4, 0.5) is 0 Å². The molecular formula is C14H19NO4. The molecule has 0 heterocycles. The largest absolute Gasteiger partial charge is 0.468 e. The van der Waals surface area contributed by atoms with E-state index in [1.807, 2.05) is 30.3 Å². The van der Waals surface area contributed by atoms with Crippen LogP contribution in [0.2, 0.25) is 0 Å². The number of hydrogen-bond acceptors (Lipinski definition) is 4. The SMILES string of the molecule is CCN(CC(=O)OC)C(=O)COCc1ccccc1. The highest BCUT2D eigenvalue weighted by atomic mass is 16.5. The number of methoxy groups -OCH3 is 1. The molecular weight excluding hydrogens is 246 g/mol. The molecule has 1 aromatic carbocycles. The summed E-state index contributed by atoms with van der Waals surface area (Å²) in [5.74, 6) is -0.651. The summed E-state index contributed by atoms with van der Waals surface area (Å²) < 4.78 is 9.87. The Morgan fingerprint density at radius 1 is 1.21 bits per heavy atom. The van der Waals surface area contributed by atoms with Crippen molar-refractivity contribution >= 4 is 11.9 Å². The summed E-state index contributed by atoms with van der Waals surface area (Å²) in [6, 6.07) is 9.60. The Morgan fingerprint density at radius 3 is 2.47 bits per heavy atom. The summed E-state index contributed by atoms with van der Waals surface area (Å²) in [5.41, 5.74) is 1.01.